The topological polar surface area (TPSA) is 109 Å². The van der Waals surface area contributed by atoms with Gasteiger partial charge < -0.3 is 11.5 Å². The lowest BCUT2D eigenvalue weighted by Gasteiger charge is -2.23. The van der Waals surface area contributed by atoms with Crippen molar-refractivity contribution in [2.24, 2.45) is 11.5 Å². The molecule has 0 saturated heterocycles. The number of aryl methyl sites for hydroxylation is 2. The van der Waals surface area contributed by atoms with Gasteiger partial charge >= 0.3 is 0 Å². The molecule has 8 heteroatoms. The van der Waals surface area contributed by atoms with Crippen molar-refractivity contribution in [3.8, 4) is 0 Å². The third-order valence-corrected chi connectivity index (χ3v) is 2.65. The Balaban J connectivity index is 0.00000144. The van der Waals surface area contributed by atoms with Crippen molar-refractivity contribution in [1.82, 2.24) is 20.4 Å². The van der Waals surface area contributed by atoms with Gasteiger partial charge in [0.2, 0.25) is 0 Å². The van der Waals surface area contributed by atoms with Crippen LogP contribution in [0.4, 0.5) is 0 Å². The largest absolute Gasteiger partial charge is 0.328 e. The molecule has 6 nitrogen and oxygen atoms in total. The van der Waals surface area contributed by atoms with Crippen LogP contribution in [0.3, 0.4) is 0 Å². The van der Waals surface area contributed by atoms with Crippen LogP contribution in [0.2, 0.25) is 0 Å². The summed E-state index contributed by atoms with van der Waals surface area (Å²) in [6.07, 6.45) is 0. The second kappa shape index (κ2) is 6.19. The zero-order valence-corrected chi connectivity index (χ0v) is 11.9. The van der Waals surface area contributed by atoms with Crippen LogP contribution >= 0.6 is 24.8 Å². The number of hydrogen-bond acceptors (Lipinski definition) is 4. The molecular formula is C10H18Cl2N6. The van der Waals surface area contributed by atoms with Crippen LogP contribution in [-0.2, 0) is 5.54 Å². The van der Waals surface area contributed by atoms with Crippen molar-refractivity contribution in [1.29, 1.82) is 0 Å². The predicted molar refractivity (Wildman–Crippen MR) is 75.2 cm³/mol. The van der Waals surface area contributed by atoms with Gasteiger partial charge in [0.1, 0.15) is 5.54 Å². The smallest absolute Gasteiger partial charge is 0.117 e. The molecule has 0 bridgehead atoms. The number of nitrogens with zero attached hydrogens (tertiary/aromatic N) is 2. The highest BCUT2D eigenvalue weighted by molar-refractivity contribution is 5.85. The quantitative estimate of drug-likeness (QED) is 0.669. The third-order valence-electron chi connectivity index (χ3n) is 2.65. The Labute approximate surface area is 118 Å². The Bertz CT molecular complexity index is 452. The first-order chi connectivity index (χ1) is 7.56. The molecule has 0 spiro atoms. The maximum atomic E-state index is 6.28. The fraction of sp³-hybridized carbons (Fsp3) is 0.400. The maximum absolute atomic E-state index is 6.28. The average molecular weight is 293 g/mol. The summed E-state index contributed by atoms with van der Waals surface area (Å²) in [7, 11) is 0. The zero-order chi connectivity index (χ0) is 11.8. The van der Waals surface area contributed by atoms with Crippen LogP contribution in [0.1, 0.15) is 22.8 Å². The summed E-state index contributed by atoms with van der Waals surface area (Å²) >= 11 is 0. The Kier molecular flexibility index (Phi) is 5.82. The van der Waals surface area contributed by atoms with Crippen LogP contribution in [0.5, 0.6) is 0 Å². The van der Waals surface area contributed by atoms with E-state index >= 15 is 0 Å². The summed E-state index contributed by atoms with van der Waals surface area (Å²) in [6, 6.07) is 3.77. The van der Waals surface area contributed by atoms with Crippen LogP contribution in [0.25, 0.3) is 0 Å². The maximum Gasteiger partial charge on any atom is 0.117 e. The molecule has 2 heterocycles. The number of nitrogens with one attached hydrogen (secondary N) is 2. The number of nitrogens with two attached hydrogens (primary N) is 2. The molecule has 18 heavy (non-hydrogen) atoms. The molecule has 0 atom stereocenters. The van der Waals surface area contributed by atoms with Crippen molar-refractivity contribution in [2.45, 2.75) is 19.4 Å². The van der Waals surface area contributed by atoms with Gasteiger partial charge in [0.25, 0.3) is 0 Å². The molecule has 0 unspecified atom stereocenters. The zero-order valence-electron chi connectivity index (χ0n) is 10.2. The van der Waals surface area contributed by atoms with Crippen LogP contribution in [-0.4, -0.2) is 26.9 Å². The number of H-pyrrole nitrogens is 2. The van der Waals surface area contributed by atoms with E-state index in [2.05, 4.69) is 20.4 Å². The molecule has 0 aromatic carbocycles. The van der Waals surface area contributed by atoms with E-state index in [0.717, 1.165) is 11.4 Å². The molecule has 0 saturated carbocycles. The number of hydrogen-bond donors (Lipinski definition) is 4. The van der Waals surface area contributed by atoms with E-state index in [9.17, 15) is 0 Å². The highest BCUT2D eigenvalue weighted by Crippen LogP contribution is 2.23. The van der Waals surface area contributed by atoms with Gasteiger partial charge in [-0.1, -0.05) is 0 Å². The predicted octanol–water partition coefficient (Wildman–Crippen LogP) is 0.754. The Morgan fingerprint density at radius 2 is 1.44 bits per heavy atom. The van der Waals surface area contributed by atoms with Crippen molar-refractivity contribution < 1.29 is 0 Å². The molecule has 0 fully saturated rings. The lowest BCUT2D eigenvalue weighted by Crippen LogP contribution is -2.45. The minimum absolute atomic E-state index is 0. The van der Waals surface area contributed by atoms with E-state index in [0.29, 0.717) is 11.4 Å². The summed E-state index contributed by atoms with van der Waals surface area (Å²) in [5.74, 6) is 0. The standard InChI is InChI=1S/C10H16N6.2ClH/c1-6-3-8(15-13-6)10(12,5-11)9-4-7(2)14-16-9;;/h3-4H,5,11-12H2,1-2H3,(H,13,15)(H,14,16);2*1H. The Morgan fingerprint density at radius 3 is 1.67 bits per heavy atom. The number of halogens is 2. The Morgan fingerprint density at radius 1 is 1.06 bits per heavy atom. The molecule has 6 N–H and O–H groups in total. The summed E-state index contributed by atoms with van der Waals surface area (Å²) in [6.45, 7) is 4.09. The summed E-state index contributed by atoms with van der Waals surface area (Å²) in [5.41, 5.74) is 14.5. The van der Waals surface area contributed by atoms with E-state index in [-0.39, 0.29) is 31.4 Å². The van der Waals surface area contributed by atoms with Gasteiger partial charge in [0.15, 0.2) is 0 Å². The first kappa shape index (κ1) is 16.9. The van der Waals surface area contributed by atoms with Gasteiger partial charge in [0.05, 0.1) is 11.4 Å². The minimum atomic E-state index is -0.838. The number of aromatic amines is 2. The van der Waals surface area contributed by atoms with Gasteiger partial charge in [0, 0.05) is 17.9 Å². The van der Waals surface area contributed by atoms with Crippen LogP contribution in [0, 0.1) is 13.8 Å². The molecule has 0 aliphatic carbocycles. The third kappa shape index (κ3) is 2.84. The average Bonchev–Trinajstić information content (AvgIpc) is 2.86. The van der Waals surface area contributed by atoms with Gasteiger partial charge in [-0.3, -0.25) is 10.2 Å². The lowest BCUT2D eigenvalue weighted by molar-refractivity contribution is 0.515. The van der Waals surface area contributed by atoms with Crippen molar-refractivity contribution >= 4 is 24.8 Å². The lowest BCUT2D eigenvalue weighted by atomic mass is 9.92. The van der Waals surface area contributed by atoms with E-state index in [4.69, 9.17) is 11.5 Å². The summed E-state index contributed by atoms with van der Waals surface area (Å²) in [5, 5.41) is 14.0. The summed E-state index contributed by atoms with van der Waals surface area (Å²) < 4.78 is 0. The molecule has 2 rings (SSSR count). The van der Waals surface area contributed by atoms with Gasteiger partial charge in [-0.05, 0) is 26.0 Å². The van der Waals surface area contributed by atoms with E-state index in [1.165, 1.54) is 0 Å². The second-order valence-corrected chi connectivity index (χ2v) is 4.05. The fourth-order valence-electron chi connectivity index (χ4n) is 1.63. The molecule has 0 aliphatic rings. The van der Waals surface area contributed by atoms with Gasteiger partial charge in [-0.25, -0.2) is 0 Å². The molecular weight excluding hydrogens is 275 g/mol. The normalized spacial score (nSPS) is 10.7. The summed E-state index contributed by atoms with van der Waals surface area (Å²) in [4.78, 5) is 0. The molecule has 0 amide bonds. The highest BCUT2D eigenvalue weighted by Gasteiger charge is 2.33. The van der Waals surface area contributed by atoms with E-state index in [1.807, 2.05) is 26.0 Å². The minimum Gasteiger partial charge on any atom is -0.328 e. The van der Waals surface area contributed by atoms with E-state index < -0.39 is 5.54 Å². The van der Waals surface area contributed by atoms with Crippen molar-refractivity contribution in [3.63, 3.8) is 0 Å². The molecule has 2 aromatic heterocycles. The first-order valence-corrected chi connectivity index (χ1v) is 5.10. The Hall–Kier alpha value is -1.08. The SMILES string of the molecule is Cc1cc(C(N)(CN)c2cc(C)[nH]n2)n[nH]1.Cl.Cl. The first-order valence-electron chi connectivity index (χ1n) is 5.10. The number of aromatic nitrogens is 4. The highest BCUT2D eigenvalue weighted by atomic mass is 35.5. The fourth-order valence-corrected chi connectivity index (χ4v) is 1.63. The molecule has 0 aliphatic heterocycles. The monoisotopic (exact) mass is 292 g/mol. The van der Waals surface area contributed by atoms with Gasteiger partial charge in [-0.15, -0.1) is 24.8 Å². The second-order valence-electron chi connectivity index (χ2n) is 4.05. The molecule has 102 valence electrons. The van der Waals surface area contributed by atoms with Crippen molar-refractivity contribution in [3.05, 3.63) is 34.9 Å². The van der Waals surface area contributed by atoms with E-state index in [1.54, 1.807) is 0 Å². The molecule has 2 aromatic rings. The molecule has 0 radical (unpaired) electrons. The van der Waals surface area contributed by atoms with Crippen molar-refractivity contribution in [2.75, 3.05) is 6.54 Å². The van der Waals surface area contributed by atoms with Gasteiger partial charge in [-0.2, -0.15) is 10.2 Å². The van der Waals surface area contributed by atoms with Crippen LogP contribution in [0.15, 0.2) is 12.1 Å². The number of rotatable bonds is 3. The van der Waals surface area contributed by atoms with Crippen LogP contribution < -0.4 is 11.5 Å².